The summed E-state index contributed by atoms with van der Waals surface area (Å²) < 4.78 is 0. The molecule has 0 bridgehead atoms. The van der Waals surface area contributed by atoms with E-state index < -0.39 is 0 Å². The average molecular weight is 239 g/mol. The normalized spacial score (nSPS) is 15.5. The molecule has 1 heterocycles. The van der Waals surface area contributed by atoms with Gasteiger partial charge < -0.3 is 4.90 Å². The van der Waals surface area contributed by atoms with Crippen LogP contribution in [0, 0.1) is 5.92 Å². The van der Waals surface area contributed by atoms with Crippen LogP contribution in [0.1, 0.15) is 32.3 Å². The first-order valence-corrected chi connectivity index (χ1v) is 6.51. The average Bonchev–Trinajstić information content (AvgIpc) is 3.09. The number of rotatable bonds is 5. The number of halogens is 1. The predicted molar refractivity (Wildman–Crippen MR) is 69.0 cm³/mol. The molecule has 1 saturated carbocycles. The second-order valence-electron chi connectivity index (χ2n) is 4.85. The maximum Gasteiger partial charge on any atom is 0.129 e. The van der Waals surface area contributed by atoms with Crippen molar-refractivity contribution in [2.75, 3.05) is 11.4 Å². The van der Waals surface area contributed by atoms with Gasteiger partial charge in [0.1, 0.15) is 5.82 Å². The minimum absolute atomic E-state index is 0.499. The van der Waals surface area contributed by atoms with Crippen LogP contribution in [0.2, 0.25) is 0 Å². The molecule has 0 unspecified atom stereocenters. The Labute approximate surface area is 103 Å². The van der Waals surface area contributed by atoms with Crippen LogP contribution in [-0.2, 0) is 5.88 Å². The fourth-order valence-electron chi connectivity index (χ4n) is 1.85. The van der Waals surface area contributed by atoms with Crippen LogP contribution in [0.4, 0.5) is 5.82 Å². The molecule has 88 valence electrons. The highest BCUT2D eigenvalue weighted by Gasteiger charge is 2.26. The first-order chi connectivity index (χ1) is 7.70. The molecule has 0 amide bonds. The van der Waals surface area contributed by atoms with Gasteiger partial charge in [-0.25, -0.2) is 4.98 Å². The number of hydrogen-bond donors (Lipinski definition) is 0. The van der Waals surface area contributed by atoms with E-state index in [4.69, 9.17) is 11.6 Å². The summed E-state index contributed by atoms with van der Waals surface area (Å²) in [5, 5.41) is 0. The number of anilines is 1. The number of hydrogen-bond acceptors (Lipinski definition) is 2. The van der Waals surface area contributed by atoms with Crippen molar-refractivity contribution in [3.05, 3.63) is 23.9 Å². The second kappa shape index (κ2) is 5.05. The smallest absolute Gasteiger partial charge is 0.129 e. The minimum Gasteiger partial charge on any atom is -0.354 e. The molecule has 0 N–H and O–H groups in total. The lowest BCUT2D eigenvalue weighted by molar-refractivity contribution is 0.636. The number of aromatic nitrogens is 1. The summed E-state index contributed by atoms with van der Waals surface area (Å²) in [5.41, 5.74) is 1.15. The van der Waals surface area contributed by atoms with Gasteiger partial charge in [0.25, 0.3) is 0 Å². The molecule has 0 radical (unpaired) electrons. The Kier molecular flexibility index (Phi) is 3.70. The molecule has 0 atom stereocenters. The van der Waals surface area contributed by atoms with E-state index in [1.807, 2.05) is 12.3 Å². The summed E-state index contributed by atoms with van der Waals surface area (Å²) in [5.74, 6) is 2.51. The highest BCUT2D eigenvalue weighted by molar-refractivity contribution is 6.17. The van der Waals surface area contributed by atoms with Gasteiger partial charge in [0, 0.05) is 24.7 Å². The first-order valence-electron chi connectivity index (χ1n) is 5.98. The van der Waals surface area contributed by atoms with E-state index in [1.54, 1.807) is 0 Å². The summed E-state index contributed by atoms with van der Waals surface area (Å²) >= 11 is 5.85. The van der Waals surface area contributed by atoms with Crippen molar-refractivity contribution >= 4 is 17.4 Å². The zero-order valence-corrected chi connectivity index (χ0v) is 10.7. The fourth-order valence-corrected chi connectivity index (χ4v) is 2.01. The Morgan fingerprint density at radius 2 is 2.25 bits per heavy atom. The maximum absolute atomic E-state index is 5.85. The molecule has 1 aromatic heterocycles. The summed E-state index contributed by atoms with van der Waals surface area (Å²) in [6, 6.07) is 4.58. The van der Waals surface area contributed by atoms with Gasteiger partial charge in [-0.1, -0.05) is 0 Å². The maximum atomic E-state index is 5.85. The van der Waals surface area contributed by atoms with Gasteiger partial charge in [-0.05, 0) is 50.3 Å². The summed E-state index contributed by atoms with van der Waals surface area (Å²) in [4.78, 5) is 6.84. The Hall–Kier alpha value is -0.760. The topological polar surface area (TPSA) is 16.1 Å². The molecular formula is C13H19ClN2. The van der Waals surface area contributed by atoms with Gasteiger partial charge >= 0.3 is 0 Å². The predicted octanol–water partition coefficient (Wildman–Crippen LogP) is 3.45. The van der Waals surface area contributed by atoms with Crippen LogP contribution < -0.4 is 4.90 Å². The van der Waals surface area contributed by atoms with Crippen molar-refractivity contribution in [2.24, 2.45) is 5.92 Å². The molecule has 2 nitrogen and oxygen atoms in total. The van der Waals surface area contributed by atoms with Gasteiger partial charge in [-0.15, -0.1) is 11.6 Å². The highest BCUT2D eigenvalue weighted by Crippen LogP contribution is 2.31. The minimum atomic E-state index is 0.499. The van der Waals surface area contributed by atoms with Gasteiger partial charge in [-0.2, -0.15) is 0 Å². The molecule has 1 fully saturated rings. The summed E-state index contributed by atoms with van der Waals surface area (Å²) in [6.07, 6.45) is 4.60. The van der Waals surface area contributed by atoms with E-state index in [9.17, 15) is 0 Å². The first kappa shape index (κ1) is 11.7. The van der Waals surface area contributed by atoms with E-state index in [0.29, 0.717) is 11.9 Å². The van der Waals surface area contributed by atoms with Crippen LogP contribution in [0.25, 0.3) is 0 Å². The van der Waals surface area contributed by atoms with Crippen LogP contribution in [0.5, 0.6) is 0 Å². The Morgan fingerprint density at radius 3 is 2.81 bits per heavy atom. The Bertz CT molecular complexity index is 348. The van der Waals surface area contributed by atoms with Crippen LogP contribution in [0.15, 0.2) is 18.3 Å². The van der Waals surface area contributed by atoms with Gasteiger partial charge in [-0.3, -0.25) is 0 Å². The summed E-state index contributed by atoms with van der Waals surface area (Å²) in [6.45, 7) is 5.57. The zero-order chi connectivity index (χ0) is 11.5. The van der Waals surface area contributed by atoms with E-state index in [0.717, 1.165) is 23.8 Å². The van der Waals surface area contributed by atoms with Crippen molar-refractivity contribution in [3.8, 4) is 0 Å². The third-order valence-electron chi connectivity index (χ3n) is 3.03. The van der Waals surface area contributed by atoms with Crippen LogP contribution in [-0.4, -0.2) is 17.6 Å². The highest BCUT2D eigenvalue weighted by atomic mass is 35.5. The monoisotopic (exact) mass is 238 g/mol. The van der Waals surface area contributed by atoms with Crippen molar-refractivity contribution in [3.63, 3.8) is 0 Å². The molecule has 3 heteroatoms. The molecule has 0 saturated heterocycles. The quantitative estimate of drug-likeness (QED) is 0.731. The zero-order valence-electron chi connectivity index (χ0n) is 9.99. The Morgan fingerprint density at radius 1 is 1.50 bits per heavy atom. The lowest BCUT2D eigenvalue weighted by Crippen LogP contribution is -2.33. The van der Waals surface area contributed by atoms with E-state index in [1.165, 1.54) is 12.8 Å². The molecule has 0 aromatic carbocycles. The third kappa shape index (κ3) is 2.88. The molecule has 1 aromatic rings. The standard InChI is InChI=1S/C13H19ClN2/c1-10(2)16(9-11-3-4-11)13-7-12(8-14)5-6-15-13/h5-7,10-11H,3-4,8-9H2,1-2H3. The fraction of sp³-hybridized carbons (Fsp3) is 0.615. The molecule has 16 heavy (non-hydrogen) atoms. The largest absolute Gasteiger partial charge is 0.354 e. The third-order valence-corrected chi connectivity index (χ3v) is 3.34. The van der Waals surface area contributed by atoms with Crippen molar-refractivity contribution < 1.29 is 0 Å². The van der Waals surface area contributed by atoms with E-state index in [-0.39, 0.29) is 0 Å². The molecule has 0 spiro atoms. The lowest BCUT2D eigenvalue weighted by Gasteiger charge is -2.28. The Balaban J connectivity index is 2.15. The van der Waals surface area contributed by atoms with E-state index in [2.05, 4.69) is 29.8 Å². The van der Waals surface area contributed by atoms with Gasteiger partial charge in [0.15, 0.2) is 0 Å². The molecular weight excluding hydrogens is 220 g/mol. The van der Waals surface area contributed by atoms with Gasteiger partial charge in [0.05, 0.1) is 0 Å². The second-order valence-corrected chi connectivity index (χ2v) is 5.11. The number of nitrogens with zero attached hydrogens (tertiary/aromatic N) is 2. The SMILES string of the molecule is CC(C)N(CC1CC1)c1cc(CCl)ccn1. The molecule has 0 aliphatic heterocycles. The van der Waals surface area contributed by atoms with Crippen LogP contribution in [0.3, 0.4) is 0 Å². The lowest BCUT2D eigenvalue weighted by atomic mass is 10.2. The van der Waals surface area contributed by atoms with Gasteiger partial charge in [0.2, 0.25) is 0 Å². The molecule has 1 aliphatic carbocycles. The van der Waals surface area contributed by atoms with Crippen molar-refractivity contribution in [1.82, 2.24) is 4.98 Å². The molecule has 2 rings (SSSR count). The van der Waals surface area contributed by atoms with Crippen LogP contribution >= 0.6 is 11.6 Å². The molecule has 1 aliphatic rings. The van der Waals surface area contributed by atoms with E-state index >= 15 is 0 Å². The number of alkyl halides is 1. The number of pyridine rings is 1. The van der Waals surface area contributed by atoms with Crippen molar-refractivity contribution in [2.45, 2.75) is 38.6 Å². The summed E-state index contributed by atoms with van der Waals surface area (Å²) in [7, 11) is 0. The van der Waals surface area contributed by atoms with Crippen molar-refractivity contribution in [1.29, 1.82) is 0 Å².